The lowest BCUT2D eigenvalue weighted by molar-refractivity contribution is -0.132. The zero-order valence-corrected chi connectivity index (χ0v) is 10.2. The molecule has 0 aromatic rings. The second-order valence-corrected chi connectivity index (χ2v) is 5.03. The van der Waals surface area contributed by atoms with Crippen molar-refractivity contribution in [3.05, 3.63) is 0 Å². The molecule has 0 radical (unpaired) electrons. The first-order valence-electron chi connectivity index (χ1n) is 6.50. The van der Waals surface area contributed by atoms with Crippen molar-refractivity contribution in [2.45, 2.75) is 38.1 Å². The van der Waals surface area contributed by atoms with Crippen molar-refractivity contribution in [3.8, 4) is 0 Å². The SMILES string of the molecule is NC(=O)C1CCN(C(=O)C2CCCCCN2)C1. The smallest absolute Gasteiger partial charge is 0.239 e. The zero-order valence-electron chi connectivity index (χ0n) is 10.2. The number of carbonyl (C=O) groups excluding carboxylic acids is 2. The Balaban J connectivity index is 1.89. The van der Waals surface area contributed by atoms with Crippen LogP contribution in [0.1, 0.15) is 32.1 Å². The highest BCUT2D eigenvalue weighted by Crippen LogP contribution is 2.18. The summed E-state index contributed by atoms with van der Waals surface area (Å²) in [6.45, 7) is 2.10. The van der Waals surface area contributed by atoms with Crippen LogP contribution in [0.3, 0.4) is 0 Å². The van der Waals surface area contributed by atoms with Crippen LogP contribution in [0.25, 0.3) is 0 Å². The van der Waals surface area contributed by atoms with Gasteiger partial charge in [0.05, 0.1) is 12.0 Å². The van der Waals surface area contributed by atoms with Crippen molar-refractivity contribution in [2.75, 3.05) is 19.6 Å². The molecule has 96 valence electrons. The highest BCUT2D eigenvalue weighted by Gasteiger charge is 2.33. The number of amides is 2. The molecule has 2 rings (SSSR count). The van der Waals surface area contributed by atoms with Gasteiger partial charge in [0, 0.05) is 13.1 Å². The Hall–Kier alpha value is -1.10. The van der Waals surface area contributed by atoms with Gasteiger partial charge in [-0.1, -0.05) is 12.8 Å². The fourth-order valence-corrected chi connectivity index (χ4v) is 2.65. The Labute approximate surface area is 102 Å². The van der Waals surface area contributed by atoms with Crippen LogP contribution >= 0.6 is 0 Å². The van der Waals surface area contributed by atoms with Crippen molar-refractivity contribution < 1.29 is 9.59 Å². The molecule has 0 saturated carbocycles. The number of hydrogen-bond donors (Lipinski definition) is 2. The second kappa shape index (κ2) is 5.49. The Bertz CT molecular complexity index is 298. The van der Waals surface area contributed by atoms with Gasteiger partial charge in [-0.15, -0.1) is 0 Å². The summed E-state index contributed by atoms with van der Waals surface area (Å²) in [6.07, 6.45) is 5.08. The zero-order chi connectivity index (χ0) is 12.3. The third-order valence-electron chi connectivity index (χ3n) is 3.76. The fourth-order valence-electron chi connectivity index (χ4n) is 2.65. The minimum absolute atomic E-state index is 0.0517. The Morgan fingerprint density at radius 3 is 2.71 bits per heavy atom. The molecule has 2 unspecified atom stereocenters. The second-order valence-electron chi connectivity index (χ2n) is 5.03. The van der Waals surface area contributed by atoms with Crippen LogP contribution in [0.4, 0.5) is 0 Å². The third kappa shape index (κ3) is 2.97. The molecule has 0 spiro atoms. The number of nitrogens with two attached hydrogens (primary N) is 1. The molecule has 2 atom stereocenters. The molecule has 0 aromatic carbocycles. The van der Waals surface area contributed by atoms with Gasteiger partial charge in [-0.3, -0.25) is 9.59 Å². The Morgan fingerprint density at radius 1 is 1.18 bits per heavy atom. The fraction of sp³-hybridized carbons (Fsp3) is 0.833. The molecular weight excluding hydrogens is 218 g/mol. The van der Waals surface area contributed by atoms with Crippen molar-refractivity contribution in [2.24, 2.45) is 11.7 Å². The van der Waals surface area contributed by atoms with Crippen LogP contribution in [-0.4, -0.2) is 42.4 Å². The van der Waals surface area contributed by atoms with E-state index in [4.69, 9.17) is 5.73 Å². The van der Waals surface area contributed by atoms with Crippen LogP contribution in [0, 0.1) is 5.92 Å². The summed E-state index contributed by atoms with van der Waals surface area (Å²) in [6, 6.07) is -0.0517. The van der Waals surface area contributed by atoms with Crippen LogP contribution in [0.15, 0.2) is 0 Å². The lowest BCUT2D eigenvalue weighted by Crippen LogP contribution is -2.45. The molecule has 0 bridgehead atoms. The highest BCUT2D eigenvalue weighted by molar-refractivity contribution is 5.84. The van der Waals surface area contributed by atoms with Gasteiger partial charge in [0.15, 0.2) is 0 Å². The number of rotatable bonds is 2. The van der Waals surface area contributed by atoms with Gasteiger partial charge >= 0.3 is 0 Å². The summed E-state index contributed by atoms with van der Waals surface area (Å²) in [5.41, 5.74) is 5.27. The normalized spacial score (nSPS) is 30.0. The van der Waals surface area contributed by atoms with Crippen molar-refractivity contribution >= 4 is 11.8 Å². The molecule has 2 heterocycles. The molecule has 2 amide bonds. The van der Waals surface area contributed by atoms with Crippen LogP contribution in [-0.2, 0) is 9.59 Å². The first kappa shape index (κ1) is 12.4. The minimum Gasteiger partial charge on any atom is -0.369 e. The summed E-state index contributed by atoms with van der Waals surface area (Å²) in [7, 11) is 0. The molecule has 5 heteroatoms. The lowest BCUT2D eigenvalue weighted by Gasteiger charge is -2.23. The molecule has 0 aliphatic carbocycles. The summed E-state index contributed by atoms with van der Waals surface area (Å²) in [4.78, 5) is 25.1. The molecule has 2 saturated heterocycles. The van der Waals surface area contributed by atoms with E-state index in [-0.39, 0.29) is 23.8 Å². The maximum atomic E-state index is 12.2. The first-order valence-corrected chi connectivity index (χ1v) is 6.50. The van der Waals surface area contributed by atoms with E-state index < -0.39 is 0 Å². The molecule has 0 aromatic heterocycles. The maximum Gasteiger partial charge on any atom is 0.239 e. The van der Waals surface area contributed by atoms with Crippen molar-refractivity contribution in [1.82, 2.24) is 10.2 Å². The van der Waals surface area contributed by atoms with Gasteiger partial charge in [-0.25, -0.2) is 0 Å². The molecule has 2 fully saturated rings. The van der Waals surface area contributed by atoms with E-state index in [0.29, 0.717) is 19.5 Å². The van der Waals surface area contributed by atoms with E-state index in [1.165, 1.54) is 6.42 Å². The van der Waals surface area contributed by atoms with Gasteiger partial charge in [0.1, 0.15) is 0 Å². The Morgan fingerprint density at radius 2 is 2.00 bits per heavy atom. The maximum absolute atomic E-state index is 12.2. The van der Waals surface area contributed by atoms with E-state index in [0.717, 1.165) is 25.8 Å². The predicted molar refractivity (Wildman–Crippen MR) is 64.1 cm³/mol. The molecule has 17 heavy (non-hydrogen) atoms. The quantitative estimate of drug-likeness (QED) is 0.704. The monoisotopic (exact) mass is 239 g/mol. The van der Waals surface area contributed by atoms with E-state index in [1.54, 1.807) is 4.90 Å². The largest absolute Gasteiger partial charge is 0.369 e. The van der Waals surface area contributed by atoms with Gasteiger partial charge in [-0.2, -0.15) is 0 Å². The molecule has 3 N–H and O–H groups in total. The van der Waals surface area contributed by atoms with E-state index >= 15 is 0 Å². The summed E-state index contributed by atoms with van der Waals surface area (Å²) in [5, 5.41) is 3.29. The van der Waals surface area contributed by atoms with E-state index in [9.17, 15) is 9.59 Å². The lowest BCUT2D eigenvalue weighted by atomic mass is 10.1. The standard InChI is InChI=1S/C12H21N3O2/c13-11(16)9-5-7-15(8-9)12(17)10-4-2-1-3-6-14-10/h9-10,14H,1-8H2,(H2,13,16). The first-order chi connectivity index (χ1) is 8.18. The molecular formula is C12H21N3O2. The number of hydrogen-bond acceptors (Lipinski definition) is 3. The number of carbonyl (C=O) groups is 2. The van der Waals surface area contributed by atoms with Crippen LogP contribution in [0.2, 0.25) is 0 Å². The third-order valence-corrected chi connectivity index (χ3v) is 3.76. The van der Waals surface area contributed by atoms with E-state index in [1.807, 2.05) is 0 Å². The predicted octanol–water partition coefficient (Wildman–Crippen LogP) is -0.148. The van der Waals surface area contributed by atoms with Crippen molar-refractivity contribution in [3.63, 3.8) is 0 Å². The van der Waals surface area contributed by atoms with Crippen LogP contribution < -0.4 is 11.1 Å². The average molecular weight is 239 g/mol. The molecule has 2 aliphatic heterocycles. The summed E-state index contributed by atoms with van der Waals surface area (Å²) < 4.78 is 0. The van der Waals surface area contributed by atoms with Gasteiger partial charge in [-0.05, 0) is 25.8 Å². The van der Waals surface area contributed by atoms with Gasteiger partial charge < -0.3 is 16.0 Å². The number of primary amides is 1. The van der Waals surface area contributed by atoms with Crippen LogP contribution in [0.5, 0.6) is 0 Å². The van der Waals surface area contributed by atoms with Gasteiger partial charge in [0.2, 0.25) is 11.8 Å². The van der Waals surface area contributed by atoms with Crippen molar-refractivity contribution in [1.29, 1.82) is 0 Å². The summed E-state index contributed by atoms with van der Waals surface area (Å²) in [5.74, 6) is -0.283. The molecule has 5 nitrogen and oxygen atoms in total. The number of nitrogens with zero attached hydrogens (tertiary/aromatic N) is 1. The minimum atomic E-state index is -0.283. The summed E-state index contributed by atoms with van der Waals surface area (Å²) >= 11 is 0. The number of likely N-dealkylation sites (tertiary alicyclic amines) is 1. The average Bonchev–Trinajstić information content (AvgIpc) is 2.65. The van der Waals surface area contributed by atoms with E-state index in [2.05, 4.69) is 5.32 Å². The highest BCUT2D eigenvalue weighted by atomic mass is 16.2. The molecule has 2 aliphatic rings. The Kier molecular flexibility index (Phi) is 3.99. The topological polar surface area (TPSA) is 75.4 Å². The number of nitrogens with one attached hydrogen (secondary N) is 1. The van der Waals surface area contributed by atoms with Gasteiger partial charge in [0.25, 0.3) is 0 Å².